The summed E-state index contributed by atoms with van der Waals surface area (Å²) in [5.74, 6) is -0.635. The zero-order valence-electron chi connectivity index (χ0n) is 11.6. The third-order valence-electron chi connectivity index (χ3n) is 3.50. The lowest BCUT2D eigenvalue weighted by Gasteiger charge is -2.10. The highest BCUT2D eigenvalue weighted by Crippen LogP contribution is 2.21. The molecule has 1 aliphatic rings. The Morgan fingerprint density at radius 3 is 2.62 bits per heavy atom. The molecule has 0 aromatic heterocycles. The molecular weight excluding hydrogens is 272 g/mol. The summed E-state index contributed by atoms with van der Waals surface area (Å²) in [4.78, 5) is 0. The Balaban J connectivity index is 1.65. The van der Waals surface area contributed by atoms with Crippen LogP contribution in [0, 0.1) is 11.6 Å². The van der Waals surface area contributed by atoms with Crippen LogP contribution in [0.5, 0.6) is 5.75 Å². The van der Waals surface area contributed by atoms with Gasteiger partial charge in [-0.3, -0.25) is 0 Å². The molecule has 0 amide bonds. The summed E-state index contributed by atoms with van der Waals surface area (Å²) in [7, 11) is 0. The summed E-state index contributed by atoms with van der Waals surface area (Å²) in [6.07, 6.45) is 2.43. The van der Waals surface area contributed by atoms with Gasteiger partial charge in [0, 0.05) is 18.2 Å². The summed E-state index contributed by atoms with van der Waals surface area (Å²) < 4.78 is 32.6. The molecule has 1 saturated carbocycles. The molecule has 0 spiro atoms. The lowest BCUT2D eigenvalue weighted by Crippen LogP contribution is -2.15. The van der Waals surface area contributed by atoms with Crippen LogP contribution in [0.3, 0.4) is 0 Å². The molecule has 4 heteroatoms. The van der Waals surface area contributed by atoms with Crippen molar-refractivity contribution in [2.45, 2.75) is 32.0 Å². The maximum absolute atomic E-state index is 13.8. The lowest BCUT2D eigenvalue weighted by atomic mass is 10.1. The number of halogens is 2. The van der Waals surface area contributed by atoms with E-state index >= 15 is 0 Å². The fourth-order valence-corrected chi connectivity index (χ4v) is 2.12. The number of para-hydroxylation sites is 1. The van der Waals surface area contributed by atoms with Gasteiger partial charge in [0.15, 0.2) is 11.6 Å². The van der Waals surface area contributed by atoms with E-state index in [-0.39, 0.29) is 18.2 Å². The highest BCUT2D eigenvalue weighted by Gasteiger charge is 2.20. The molecular formula is C17H17F2NO. The summed E-state index contributed by atoms with van der Waals surface area (Å²) in [5, 5.41) is 3.38. The molecule has 1 N–H and O–H groups in total. The van der Waals surface area contributed by atoms with Gasteiger partial charge in [-0.2, -0.15) is 0 Å². The van der Waals surface area contributed by atoms with Gasteiger partial charge in [-0.1, -0.05) is 18.2 Å². The van der Waals surface area contributed by atoms with Crippen LogP contribution in [0.25, 0.3) is 0 Å². The van der Waals surface area contributed by atoms with Crippen LogP contribution in [0.1, 0.15) is 24.0 Å². The molecule has 0 aliphatic heterocycles. The number of rotatable bonds is 6. The van der Waals surface area contributed by atoms with Gasteiger partial charge in [-0.05, 0) is 42.7 Å². The van der Waals surface area contributed by atoms with Crippen molar-refractivity contribution < 1.29 is 13.5 Å². The highest BCUT2D eigenvalue weighted by molar-refractivity contribution is 5.27. The Kier molecular flexibility index (Phi) is 4.15. The van der Waals surface area contributed by atoms with E-state index < -0.39 is 5.82 Å². The Morgan fingerprint density at radius 2 is 1.86 bits per heavy atom. The monoisotopic (exact) mass is 289 g/mol. The van der Waals surface area contributed by atoms with Gasteiger partial charge < -0.3 is 10.1 Å². The molecule has 1 aliphatic carbocycles. The van der Waals surface area contributed by atoms with E-state index in [4.69, 9.17) is 4.74 Å². The van der Waals surface area contributed by atoms with E-state index in [1.54, 1.807) is 24.3 Å². The maximum Gasteiger partial charge on any atom is 0.165 e. The molecule has 0 atom stereocenters. The van der Waals surface area contributed by atoms with E-state index in [1.165, 1.54) is 31.0 Å². The Morgan fingerprint density at radius 1 is 1.05 bits per heavy atom. The molecule has 1 fully saturated rings. The number of benzene rings is 2. The predicted molar refractivity (Wildman–Crippen MR) is 77.0 cm³/mol. The van der Waals surface area contributed by atoms with Crippen molar-refractivity contribution in [2.24, 2.45) is 0 Å². The van der Waals surface area contributed by atoms with Gasteiger partial charge in [0.25, 0.3) is 0 Å². The van der Waals surface area contributed by atoms with Crippen molar-refractivity contribution in [3.05, 3.63) is 65.2 Å². The molecule has 0 heterocycles. The molecule has 0 saturated heterocycles. The molecule has 110 valence electrons. The molecule has 0 bridgehead atoms. The minimum atomic E-state index is -0.440. The van der Waals surface area contributed by atoms with E-state index in [1.807, 2.05) is 0 Å². The van der Waals surface area contributed by atoms with E-state index in [0.717, 1.165) is 12.1 Å². The van der Waals surface area contributed by atoms with Gasteiger partial charge in [0.05, 0.1) is 0 Å². The summed E-state index contributed by atoms with van der Waals surface area (Å²) >= 11 is 0. The van der Waals surface area contributed by atoms with Crippen LogP contribution in [-0.4, -0.2) is 6.04 Å². The molecule has 2 nitrogen and oxygen atoms in total. The Hall–Kier alpha value is -1.94. The molecule has 2 aromatic rings. The van der Waals surface area contributed by atoms with Gasteiger partial charge in [-0.25, -0.2) is 8.78 Å². The van der Waals surface area contributed by atoms with Gasteiger partial charge in [0.2, 0.25) is 0 Å². The number of nitrogens with one attached hydrogen (secondary N) is 1. The fraction of sp³-hybridized carbons (Fsp3) is 0.294. The zero-order valence-corrected chi connectivity index (χ0v) is 11.6. The maximum atomic E-state index is 13.8. The first-order valence-electron chi connectivity index (χ1n) is 7.10. The largest absolute Gasteiger partial charge is 0.486 e. The van der Waals surface area contributed by atoms with E-state index in [2.05, 4.69) is 5.32 Å². The van der Waals surface area contributed by atoms with Crippen LogP contribution in [0.4, 0.5) is 8.78 Å². The van der Waals surface area contributed by atoms with Crippen molar-refractivity contribution in [1.29, 1.82) is 0 Å². The van der Waals surface area contributed by atoms with Crippen LogP contribution < -0.4 is 10.1 Å². The molecule has 2 aromatic carbocycles. The molecule has 0 unspecified atom stereocenters. The zero-order chi connectivity index (χ0) is 14.7. The van der Waals surface area contributed by atoms with Crippen molar-refractivity contribution in [3.63, 3.8) is 0 Å². The van der Waals surface area contributed by atoms with Gasteiger partial charge >= 0.3 is 0 Å². The van der Waals surface area contributed by atoms with Crippen LogP contribution in [-0.2, 0) is 13.2 Å². The second kappa shape index (κ2) is 6.22. The second-order valence-corrected chi connectivity index (χ2v) is 5.30. The first-order chi connectivity index (χ1) is 10.2. The third-order valence-corrected chi connectivity index (χ3v) is 3.50. The first kappa shape index (κ1) is 14.0. The standard InChI is InChI=1S/C17H17F2NO/c18-15-8-5-12(10-20-14-6-7-14)9-13(15)11-21-17-4-2-1-3-16(17)19/h1-5,8-9,14,20H,6-7,10-11H2. The minimum Gasteiger partial charge on any atom is -0.486 e. The number of hydrogen-bond donors (Lipinski definition) is 1. The second-order valence-electron chi connectivity index (χ2n) is 5.30. The smallest absolute Gasteiger partial charge is 0.165 e. The Bertz CT molecular complexity index is 626. The number of ether oxygens (including phenoxy) is 1. The van der Waals surface area contributed by atoms with Crippen molar-refractivity contribution in [2.75, 3.05) is 0 Å². The fourth-order valence-electron chi connectivity index (χ4n) is 2.12. The summed E-state index contributed by atoms with van der Waals surface area (Å²) in [6.45, 7) is 0.738. The van der Waals surface area contributed by atoms with Gasteiger partial charge in [0.1, 0.15) is 12.4 Å². The summed E-state index contributed by atoms with van der Waals surface area (Å²) in [5.41, 5.74) is 1.45. The predicted octanol–water partition coefficient (Wildman–Crippen LogP) is 3.80. The van der Waals surface area contributed by atoms with Crippen LogP contribution >= 0.6 is 0 Å². The summed E-state index contributed by atoms with van der Waals surface area (Å²) in [6, 6.07) is 11.7. The minimum absolute atomic E-state index is 0.0179. The van der Waals surface area contributed by atoms with Gasteiger partial charge in [-0.15, -0.1) is 0 Å². The SMILES string of the molecule is Fc1ccc(CNC2CC2)cc1COc1ccccc1F. The molecule has 21 heavy (non-hydrogen) atoms. The van der Waals surface area contributed by atoms with E-state index in [9.17, 15) is 8.78 Å². The number of hydrogen-bond acceptors (Lipinski definition) is 2. The average Bonchev–Trinajstić information content (AvgIpc) is 3.31. The van der Waals surface area contributed by atoms with Crippen molar-refractivity contribution >= 4 is 0 Å². The highest BCUT2D eigenvalue weighted by atomic mass is 19.1. The lowest BCUT2D eigenvalue weighted by molar-refractivity contribution is 0.284. The average molecular weight is 289 g/mol. The van der Waals surface area contributed by atoms with E-state index in [0.29, 0.717) is 11.6 Å². The topological polar surface area (TPSA) is 21.3 Å². The van der Waals surface area contributed by atoms with Crippen molar-refractivity contribution in [1.82, 2.24) is 5.32 Å². The molecule has 0 radical (unpaired) electrons. The third kappa shape index (κ3) is 3.79. The quantitative estimate of drug-likeness (QED) is 0.873. The van der Waals surface area contributed by atoms with Crippen LogP contribution in [0.2, 0.25) is 0 Å². The van der Waals surface area contributed by atoms with Crippen LogP contribution in [0.15, 0.2) is 42.5 Å². The Labute approximate surface area is 122 Å². The normalized spacial score (nSPS) is 14.2. The van der Waals surface area contributed by atoms with Crippen molar-refractivity contribution in [3.8, 4) is 5.75 Å². The molecule has 3 rings (SSSR count). The first-order valence-corrected chi connectivity index (χ1v) is 7.10.